The van der Waals surface area contributed by atoms with Crippen molar-refractivity contribution in [3.05, 3.63) is 5.17 Å². The number of halogens is 3. The topological polar surface area (TPSA) is 0 Å². The van der Waals surface area contributed by atoms with Gasteiger partial charge in [-0.2, -0.15) is 0 Å². The van der Waals surface area contributed by atoms with Crippen LogP contribution in [-0.2, 0) is 0 Å². The molecule has 0 spiro atoms. The first-order valence-electron chi connectivity index (χ1n) is 2.88. The fraction of sp³-hybridized carbons (Fsp3) is 0.667. The van der Waals surface area contributed by atoms with Crippen LogP contribution >= 0.6 is 67.8 Å². The highest BCUT2D eigenvalue weighted by molar-refractivity contribution is 14.2. The van der Waals surface area contributed by atoms with Crippen LogP contribution in [0.15, 0.2) is 5.17 Å². The second-order valence-corrected chi connectivity index (χ2v) is 7.29. The lowest BCUT2D eigenvalue weighted by atomic mass is 10.2. The van der Waals surface area contributed by atoms with Crippen LogP contribution < -0.4 is 0 Å². The van der Waals surface area contributed by atoms with E-state index in [9.17, 15) is 0 Å². The predicted octanol–water partition coefficient (Wildman–Crippen LogP) is 4.65. The van der Waals surface area contributed by atoms with E-state index in [1.807, 2.05) is 0 Å². The fourth-order valence-corrected chi connectivity index (χ4v) is 1.35. The van der Waals surface area contributed by atoms with Crippen LogP contribution in [0, 0.1) is 0 Å². The molecule has 0 radical (unpaired) electrons. The molecule has 54 valence electrons. The molecule has 0 nitrogen and oxygen atoms in total. The molecule has 0 bridgehead atoms. The lowest BCUT2D eigenvalue weighted by Crippen LogP contribution is -1.72. The van der Waals surface area contributed by atoms with Crippen LogP contribution in [0.2, 0.25) is 0 Å². The monoisotopic (exact) mass is 462 g/mol. The van der Waals surface area contributed by atoms with Crippen LogP contribution in [0.1, 0.15) is 26.2 Å². The second-order valence-electron chi connectivity index (χ2n) is 1.77. The number of hydrogen-bond donors (Lipinski definition) is 0. The van der Waals surface area contributed by atoms with Gasteiger partial charge in [0.2, 0.25) is 0 Å². The molecule has 0 aromatic heterocycles. The van der Waals surface area contributed by atoms with E-state index in [0.29, 0.717) is 0 Å². The van der Waals surface area contributed by atoms with Crippen molar-refractivity contribution < 1.29 is 0 Å². The summed E-state index contributed by atoms with van der Waals surface area (Å²) in [6.45, 7) is 2.23. The summed E-state index contributed by atoms with van der Waals surface area (Å²) in [6, 6.07) is 0. The molecule has 0 aliphatic carbocycles. The summed E-state index contributed by atoms with van der Waals surface area (Å²) in [5.74, 6) is 0. The molecule has 0 aliphatic rings. The van der Waals surface area contributed by atoms with E-state index in [2.05, 4.69) is 74.7 Å². The van der Waals surface area contributed by atoms with E-state index in [1.165, 1.54) is 24.4 Å². The van der Waals surface area contributed by atoms with E-state index in [-0.39, 0.29) is 0 Å². The van der Waals surface area contributed by atoms with Gasteiger partial charge in [-0.3, -0.25) is 0 Å². The summed E-state index contributed by atoms with van der Waals surface area (Å²) >= 11 is 7.15. The zero-order valence-corrected chi connectivity index (χ0v) is 11.7. The lowest BCUT2D eigenvalue weighted by Gasteiger charge is -1.95. The van der Waals surface area contributed by atoms with Crippen molar-refractivity contribution in [2.75, 3.05) is 0 Å². The normalized spacial score (nSPS) is 9.33. The molecule has 0 heterocycles. The molecule has 0 amide bonds. The van der Waals surface area contributed by atoms with Gasteiger partial charge in [0.05, 0.1) is 1.59 Å². The van der Waals surface area contributed by atoms with Gasteiger partial charge in [0.15, 0.2) is 0 Å². The first-order chi connectivity index (χ1) is 4.18. The Morgan fingerprint density at radius 3 is 2.11 bits per heavy atom. The Labute approximate surface area is 97.7 Å². The van der Waals surface area contributed by atoms with Crippen molar-refractivity contribution in [3.8, 4) is 0 Å². The minimum absolute atomic E-state index is 1.26. The van der Waals surface area contributed by atoms with Crippen LogP contribution in [0.25, 0.3) is 0 Å². The maximum atomic E-state index is 2.42. The molecule has 0 N–H and O–H groups in total. The Balaban J connectivity index is 3.50. The largest absolute Gasteiger partial charge is 0.0654 e. The highest BCUT2D eigenvalue weighted by Crippen LogP contribution is 2.28. The van der Waals surface area contributed by atoms with Gasteiger partial charge in [0, 0.05) is 3.58 Å². The van der Waals surface area contributed by atoms with Gasteiger partial charge < -0.3 is 0 Å². The highest BCUT2D eigenvalue weighted by Gasteiger charge is 1.94. The zero-order chi connectivity index (χ0) is 7.28. The fourth-order valence-electron chi connectivity index (χ4n) is 0.426. The number of unbranched alkanes of at least 4 members (excludes halogenated alkanes) is 1. The number of allylic oxidation sites excluding steroid dienone is 1. The predicted molar refractivity (Wildman–Crippen MR) is 68.6 cm³/mol. The SMILES string of the molecule is CCCCC(I)=C(I)I. The molecule has 0 aromatic carbocycles. The molecular weight excluding hydrogens is 453 g/mol. The summed E-state index contributed by atoms with van der Waals surface area (Å²) in [6.07, 6.45) is 3.89. The van der Waals surface area contributed by atoms with Gasteiger partial charge in [0.1, 0.15) is 0 Å². The molecule has 3 heteroatoms. The quantitative estimate of drug-likeness (QED) is 0.537. The minimum Gasteiger partial charge on any atom is -0.0654 e. The third-order valence-corrected chi connectivity index (χ3v) is 5.40. The van der Waals surface area contributed by atoms with E-state index in [1.54, 1.807) is 0 Å². The van der Waals surface area contributed by atoms with Gasteiger partial charge >= 0.3 is 0 Å². The standard InChI is InChI=1S/C6H9I3/c1-2-3-4-5(7)6(8)9/h2-4H2,1H3. The Hall–Kier alpha value is 1.93. The van der Waals surface area contributed by atoms with Crippen molar-refractivity contribution >= 4 is 67.8 Å². The van der Waals surface area contributed by atoms with Crippen molar-refractivity contribution in [1.82, 2.24) is 0 Å². The third kappa shape index (κ3) is 6.33. The Bertz CT molecular complexity index is 103. The molecule has 0 unspecified atom stereocenters. The Kier molecular flexibility index (Phi) is 8.05. The molecule has 0 rings (SSSR count). The number of rotatable bonds is 3. The summed E-state index contributed by atoms with van der Waals surface area (Å²) in [4.78, 5) is 0. The van der Waals surface area contributed by atoms with Crippen LogP contribution in [-0.4, -0.2) is 0 Å². The zero-order valence-electron chi connectivity index (χ0n) is 5.26. The van der Waals surface area contributed by atoms with E-state index < -0.39 is 0 Å². The number of hydrogen-bond acceptors (Lipinski definition) is 0. The molecule has 0 fully saturated rings. The van der Waals surface area contributed by atoms with Crippen molar-refractivity contribution in [3.63, 3.8) is 0 Å². The van der Waals surface area contributed by atoms with Crippen LogP contribution in [0.3, 0.4) is 0 Å². The van der Waals surface area contributed by atoms with Gasteiger partial charge in [-0.05, 0) is 80.6 Å². The van der Waals surface area contributed by atoms with Gasteiger partial charge in [-0.1, -0.05) is 13.3 Å². The van der Waals surface area contributed by atoms with E-state index in [0.717, 1.165) is 0 Å². The van der Waals surface area contributed by atoms with Gasteiger partial charge in [-0.25, -0.2) is 0 Å². The average Bonchev–Trinajstić information content (AvgIpc) is 1.82. The van der Waals surface area contributed by atoms with Crippen molar-refractivity contribution in [1.29, 1.82) is 0 Å². The van der Waals surface area contributed by atoms with Crippen LogP contribution in [0.5, 0.6) is 0 Å². The summed E-state index contributed by atoms with van der Waals surface area (Å²) in [5, 5.41) is 0. The first-order valence-corrected chi connectivity index (χ1v) is 6.11. The maximum absolute atomic E-state index is 2.42. The molecular formula is C6H9I3. The Morgan fingerprint density at radius 1 is 1.22 bits per heavy atom. The molecule has 0 saturated carbocycles. The minimum atomic E-state index is 1.26. The van der Waals surface area contributed by atoms with E-state index >= 15 is 0 Å². The first kappa shape index (κ1) is 10.9. The lowest BCUT2D eigenvalue weighted by molar-refractivity contribution is 0.813. The van der Waals surface area contributed by atoms with Crippen molar-refractivity contribution in [2.24, 2.45) is 0 Å². The van der Waals surface area contributed by atoms with Gasteiger partial charge in [0.25, 0.3) is 0 Å². The second kappa shape index (κ2) is 6.63. The van der Waals surface area contributed by atoms with Crippen molar-refractivity contribution in [2.45, 2.75) is 26.2 Å². The van der Waals surface area contributed by atoms with E-state index in [4.69, 9.17) is 0 Å². The van der Waals surface area contributed by atoms with Crippen LogP contribution in [0.4, 0.5) is 0 Å². The molecule has 0 aromatic rings. The summed E-state index contributed by atoms with van der Waals surface area (Å²) < 4.78 is 2.93. The molecule has 0 saturated heterocycles. The summed E-state index contributed by atoms with van der Waals surface area (Å²) in [7, 11) is 0. The average molecular weight is 462 g/mol. The molecule has 0 aliphatic heterocycles. The molecule has 9 heavy (non-hydrogen) atoms. The molecule has 0 atom stereocenters. The summed E-state index contributed by atoms with van der Waals surface area (Å²) in [5.41, 5.74) is 0. The highest BCUT2D eigenvalue weighted by atomic mass is 127. The third-order valence-electron chi connectivity index (χ3n) is 0.955. The maximum Gasteiger partial charge on any atom is 0.0606 e. The Morgan fingerprint density at radius 2 is 1.78 bits per heavy atom. The van der Waals surface area contributed by atoms with Gasteiger partial charge in [-0.15, -0.1) is 0 Å². The smallest absolute Gasteiger partial charge is 0.0606 e.